The minimum atomic E-state index is -0.162. The first-order valence-electron chi connectivity index (χ1n) is 11.8. The maximum Gasteiger partial charge on any atom is 0.126 e. The van der Waals surface area contributed by atoms with E-state index in [2.05, 4.69) is 36.1 Å². The molecule has 0 spiro atoms. The second-order valence-electron chi connectivity index (χ2n) is 7.62. The summed E-state index contributed by atoms with van der Waals surface area (Å²) in [6.07, 6.45) is 5.26. The number of anilines is 1. The molecule has 32 heavy (non-hydrogen) atoms. The Morgan fingerprint density at radius 3 is 1.81 bits per heavy atom. The van der Waals surface area contributed by atoms with Gasteiger partial charge in [0.2, 0.25) is 0 Å². The van der Waals surface area contributed by atoms with Gasteiger partial charge in [-0.3, -0.25) is 0 Å². The highest BCUT2D eigenvalue weighted by Crippen LogP contribution is 2.20. The van der Waals surface area contributed by atoms with Gasteiger partial charge in [-0.05, 0) is 86.6 Å². The van der Waals surface area contributed by atoms with Crippen molar-refractivity contribution in [2.75, 3.05) is 18.0 Å². The Bertz CT molecular complexity index is 830. The fourth-order valence-corrected chi connectivity index (χ4v) is 3.25. The summed E-state index contributed by atoms with van der Waals surface area (Å²) in [5.74, 6) is -0.294. The summed E-state index contributed by atoms with van der Waals surface area (Å²) in [6.45, 7) is 12.3. The molecular weight excluding hydrogens is 400 g/mol. The van der Waals surface area contributed by atoms with Crippen molar-refractivity contribution in [1.82, 2.24) is 0 Å². The standard InChI is InChI=1S/C13H19N.2C7H7F.C2H6/c1-2-12-6-8-13(9-7-12)14-10-4-3-5-11-14;1-6-3-2-4-7(8)5-6;1-6-4-2-3-5-7(6)8;1-2/h6-9H,2-5,10-11H2,1H3;2*2-5H,1H3;1-2H3. The molecule has 1 nitrogen and oxygen atoms in total. The predicted molar refractivity (Wildman–Crippen MR) is 136 cm³/mol. The number of piperidine rings is 1. The van der Waals surface area contributed by atoms with Crippen LogP contribution in [-0.4, -0.2) is 13.1 Å². The molecule has 0 unspecified atom stereocenters. The highest BCUT2D eigenvalue weighted by molar-refractivity contribution is 5.47. The van der Waals surface area contributed by atoms with Crippen LogP contribution in [0.15, 0.2) is 72.8 Å². The molecule has 4 rings (SSSR count). The average Bonchev–Trinajstić information content (AvgIpc) is 2.84. The Morgan fingerprint density at radius 1 is 0.750 bits per heavy atom. The van der Waals surface area contributed by atoms with Gasteiger partial charge >= 0.3 is 0 Å². The van der Waals surface area contributed by atoms with E-state index in [4.69, 9.17) is 0 Å². The van der Waals surface area contributed by atoms with Gasteiger partial charge < -0.3 is 4.90 Å². The predicted octanol–water partition coefficient (Wildman–Crippen LogP) is 8.53. The number of hydrogen-bond donors (Lipinski definition) is 0. The minimum Gasteiger partial charge on any atom is -0.372 e. The molecule has 0 aromatic heterocycles. The highest BCUT2D eigenvalue weighted by Gasteiger charge is 2.09. The molecule has 3 heteroatoms. The molecular formula is C29H39F2N. The number of benzene rings is 3. The molecule has 3 aromatic carbocycles. The van der Waals surface area contributed by atoms with Gasteiger partial charge in [0.1, 0.15) is 11.6 Å². The summed E-state index contributed by atoms with van der Waals surface area (Å²) in [6, 6.07) is 22.2. The van der Waals surface area contributed by atoms with E-state index in [0.29, 0.717) is 5.56 Å². The van der Waals surface area contributed by atoms with E-state index >= 15 is 0 Å². The van der Waals surface area contributed by atoms with Crippen molar-refractivity contribution in [2.45, 2.75) is 60.3 Å². The van der Waals surface area contributed by atoms with Crippen molar-refractivity contribution in [2.24, 2.45) is 0 Å². The first kappa shape index (κ1) is 27.4. The van der Waals surface area contributed by atoms with Crippen LogP contribution in [-0.2, 0) is 6.42 Å². The number of aryl methyl sites for hydroxylation is 3. The van der Waals surface area contributed by atoms with Crippen molar-refractivity contribution >= 4 is 5.69 Å². The number of rotatable bonds is 2. The lowest BCUT2D eigenvalue weighted by molar-refractivity contribution is 0.578. The van der Waals surface area contributed by atoms with E-state index in [-0.39, 0.29) is 11.6 Å². The van der Waals surface area contributed by atoms with Gasteiger partial charge in [0, 0.05) is 18.8 Å². The summed E-state index contributed by atoms with van der Waals surface area (Å²) in [7, 11) is 0. The van der Waals surface area contributed by atoms with Crippen LogP contribution in [0.4, 0.5) is 14.5 Å². The fraction of sp³-hybridized carbons (Fsp3) is 0.379. The first-order valence-corrected chi connectivity index (χ1v) is 11.8. The van der Waals surface area contributed by atoms with Gasteiger partial charge in [-0.15, -0.1) is 0 Å². The summed E-state index contributed by atoms with van der Waals surface area (Å²) in [4.78, 5) is 2.50. The Kier molecular flexibility index (Phi) is 13.7. The fourth-order valence-electron chi connectivity index (χ4n) is 3.25. The summed E-state index contributed by atoms with van der Waals surface area (Å²) in [5.41, 5.74) is 4.50. The molecule has 0 bridgehead atoms. The molecule has 0 saturated carbocycles. The largest absolute Gasteiger partial charge is 0.372 e. The lowest BCUT2D eigenvalue weighted by atomic mass is 10.1. The zero-order valence-electron chi connectivity index (χ0n) is 20.4. The molecule has 1 aliphatic heterocycles. The van der Waals surface area contributed by atoms with Crippen LogP contribution in [0.3, 0.4) is 0 Å². The van der Waals surface area contributed by atoms with Crippen LogP contribution in [0.2, 0.25) is 0 Å². The van der Waals surface area contributed by atoms with Crippen LogP contribution >= 0.6 is 0 Å². The third-order valence-corrected chi connectivity index (χ3v) is 5.12. The Morgan fingerprint density at radius 2 is 1.38 bits per heavy atom. The van der Waals surface area contributed by atoms with E-state index < -0.39 is 0 Å². The van der Waals surface area contributed by atoms with Gasteiger partial charge in [-0.1, -0.05) is 63.2 Å². The third kappa shape index (κ3) is 10.6. The Labute approximate surface area is 194 Å². The topological polar surface area (TPSA) is 3.24 Å². The zero-order valence-corrected chi connectivity index (χ0v) is 20.4. The number of nitrogens with zero attached hydrogens (tertiary/aromatic N) is 1. The van der Waals surface area contributed by atoms with Crippen molar-refractivity contribution in [3.05, 3.63) is 101 Å². The van der Waals surface area contributed by atoms with Gasteiger partial charge in [-0.2, -0.15) is 0 Å². The number of halogens is 2. The van der Waals surface area contributed by atoms with Gasteiger partial charge in [0.15, 0.2) is 0 Å². The SMILES string of the molecule is CC.CCc1ccc(N2CCCCC2)cc1.Cc1cccc(F)c1.Cc1ccccc1F. The molecule has 1 aliphatic rings. The average molecular weight is 440 g/mol. The van der Waals surface area contributed by atoms with E-state index in [9.17, 15) is 8.78 Å². The molecule has 1 heterocycles. The van der Waals surface area contributed by atoms with Gasteiger partial charge in [-0.25, -0.2) is 8.78 Å². The normalized spacial score (nSPS) is 12.3. The molecule has 1 fully saturated rings. The van der Waals surface area contributed by atoms with Crippen LogP contribution in [0, 0.1) is 25.5 Å². The Balaban J connectivity index is 0.000000245. The first-order chi connectivity index (χ1) is 15.5. The van der Waals surface area contributed by atoms with E-state index in [0.717, 1.165) is 12.0 Å². The maximum atomic E-state index is 12.3. The molecule has 1 saturated heterocycles. The molecule has 3 aromatic rings. The van der Waals surface area contributed by atoms with Crippen LogP contribution in [0.5, 0.6) is 0 Å². The van der Waals surface area contributed by atoms with Crippen molar-refractivity contribution < 1.29 is 8.78 Å². The van der Waals surface area contributed by atoms with E-state index in [1.54, 1.807) is 25.1 Å². The molecule has 0 amide bonds. The highest BCUT2D eigenvalue weighted by atomic mass is 19.1. The molecule has 0 atom stereocenters. The van der Waals surface area contributed by atoms with Crippen LogP contribution in [0.25, 0.3) is 0 Å². The third-order valence-electron chi connectivity index (χ3n) is 5.12. The van der Waals surface area contributed by atoms with Crippen molar-refractivity contribution in [1.29, 1.82) is 0 Å². The van der Waals surface area contributed by atoms with Gasteiger partial charge in [0.25, 0.3) is 0 Å². The quantitative estimate of drug-likeness (QED) is 0.387. The summed E-state index contributed by atoms with van der Waals surface area (Å²) in [5, 5.41) is 0. The maximum absolute atomic E-state index is 12.3. The molecule has 0 aliphatic carbocycles. The summed E-state index contributed by atoms with van der Waals surface area (Å²) >= 11 is 0. The molecule has 0 N–H and O–H groups in total. The smallest absolute Gasteiger partial charge is 0.126 e. The minimum absolute atomic E-state index is 0.132. The molecule has 174 valence electrons. The monoisotopic (exact) mass is 439 g/mol. The van der Waals surface area contributed by atoms with Crippen molar-refractivity contribution in [3.63, 3.8) is 0 Å². The number of hydrogen-bond acceptors (Lipinski definition) is 1. The van der Waals surface area contributed by atoms with Gasteiger partial charge in [0.05, 0.1) is 0 Å². The second-order valence-corrected chi connectivity index (χ2v) is 7.62. The van der Waals surface area contributed by atoms with Crippen LogP contribution < -0.4 is 4.90 Å². The lowest BCUT2D eigenvalue weighted by Gasteiger charge is -2.28. The van der Waals surface area contributed by atoms with E-state index in [1.807, 2.05) is 32.9 Å². The van der Waals surface area contributed by atoms with Crippen LogP contribution in [0.1, 0.15) is 56.7 Å². The van der Waals surface area contributed by atoms with E-state index in [1.165, 1.54) is 61.8 Å². The summed E-state index contributed by atoms with van der Waals surface area (Å²) < 4.78 is 24.5. The Hall–Kier alpha value is -2.68. The molecule has 0 radical (unpaired) electrons. The zero-order chi connectivity index (χ0) is 23.8. The second kappa shape index (κ2) is 16.0. The van der Waals surface area contributed by atoms with Crippen molar-refractivity contribution in [3.8, 4) is 0 Å². The lowest BCUT2D eigenvalue weighted by Crippen LogP contribution is -2.29.